The summed E-state index contributed by atoms with van der Waals surface area (Å²) in [4.78, 5) is 38.7. The third kappa shape index (κ3) is 4.89. The van der Waals surface area contributed by atoms with E-state index in [9.17, 15) is 27.2 Å². The molecule has 2 aromatic rings. The lowest BCUT2D eigenvalue weighted by molar-refractivity contribution is -0.117. The maximum Gasteiger partial charge on any atom is 0.333 e. The lowest BCUT2D eigenvalue weighted by Crippen LogP contribution is -2.43. The molecule has 0 saturated heterocycles. The summed E-state index contributed by atoms with van der Waals surface area (Å²) in [7, 11) is -4.00. The second kappa shape index (κ2) is 9.00. The Morgan fingerprint density at radius 3 is 2.54 bits per heavy atom. The van der Waals surface area contributed by atoms with Crippen LogP contribution in [0.5, 0.6) is 0 Å². The van der Waals surface area contributed by atoms with Crippen molar-refractivity contribution in [3.8, 4) is 0 Å². The number of benzene rings is 2. The van der Waals surface area contributed by atoms with Crippen LogP contribution in [0, 0.1) is 5.82 Å². The number of anilines is 3. The van der Waals surface area contributed by atoms with Gasteiger partial charge >= 0.3 is 6.03 Å². The molecule has 2 heterocycles. The van der Waals surface area contributed by atoms with Gasteiger partial charge in [0.1, 0.15) is 10.1 Å². The highest BCUT2D eigenvalue weighted by molar-refractivity contribution is 8.18. The minimum absolute atomic E-state index is 0.0416. The van der Waals surface area contributed by atoms with Crippen molar-refractivity contribution < 1.29 is 27.2 Å². The Bertz CT molecular complexity index is 1390. The SMILES string of the molecule is O=C(Nc1ccc(N2C(=O)Cc3cc(NC4CC4)ccc3C2=O)c(F)c1)NS(=O)(=O)C1=CCCS1. The average Bonchev–Trinajstić information content (AvgIpc) is 3.41. The molecule has 5 rings (SSSR count). The van der Waals surface area contributed by atoms with Crippen LogP contribution in [0.15, 0.2) is 46.7 Å². The molecule has 12 heteroatoms. The molecular formula is C23H21FN4O5S2. The fraction of sp³-hybridized carbons (Fsp3) is 0.261. The van der Waals surface area contributed by atoms with E-state index in [-0.39, 0.29) is 22.0 Å². The van der Waals surface area contributed by atoms with Gasteiger partial charge in [-0.15, -0.1) is 11.8 Å². The van der Waals surface area contributed by atoms with Gasteiger partial charge in [0.25, 0.3) is 15.9 Å². The van der Waals surface area contributed by atoms with Gasteiger partial charge < -0.3 is 10.6 Å². The molecular weight excluding hydrogens is 495 g/mol. The highest BCUT2D eigenvalue weighted by Crippen LogP contribution is 2.32. The van der Waals surface area contributed by atoms with Crippen molar-refractivity contribution in [2.45, 2.75) is 31.7 Å². The zero-order valence-electron chi connectivity index (χ0n) is 18.3. The number of fused-ring (bicyclic) bond motifs is 1. The summed E-state index contributed by atoms with van der Waals surface area (Å²) >= 11 is 1.12. The van der Waals surface area contributed by atoms with Gasteiger partial charge in [0.15, 0.2) is 0 Å². The number of allylic oxidation sites excluding steroid dienone is 1. The van der Waals surface area contributed by atoms with Crippen LogP contribution in [0.1, 0.15) is 35.2 Å². The third-order valence-electron chi connectivity index (χ3n) is 5.69. The molecule has 1 saturated carbocycles. The number of sulfonamides is 1. The van der Waals surface area contributed by atoms with Crippen LogP contribution >= 0.6 is 11.8 Å². The second-order valence-corrected chi connectivity index (χ2v) is 11.4. The number of amides is 4. The molecule has 1 aliphatic carbocycles. The molecule has 35 heavy (non-hydrogen) atoms. The van der Waals surface area contributed by atoms with Crippen molar-refractivity contribution in [1.29, 1.82) is 0 Å². The van der Waals surface area contributed by atoms with Crippen molar-refractivity contribution in [3.63, 3.8) is 0 Å². The Balaban J connectivity index is 1.31. The van der Waals surface area contributed by atoms with Gasteiger partial charge in [0.2, 0.25) is 5.91 Å². The number of urea groups is 1. The number of carbonyl (C=O) groups is 3. The smallest absolute Gasteiger partial charge is 0.333 e. The van der Waals surface area contributed by atoms with Crippen molar-refractivity contribution in [1.82, 2.24) is 4.72 Å². The quantitative estimate of drug-likeness (QED) is 0.502. The molecule has 2 aliphatic heterocycles. The van der Waals surface area contributed by atoms with E-state index in [4.69, 9.17) is 0 Å². The van der Waals surface area contributed by atoms with Crippen LogP contribution in [0.25, 0.3) is 0 Å². The summed E-state index contributed by atoms with van der Waals surface area (Å²) in [6.45, 7) is 0. The molecule has 0 aromatic heterocycles. The number of nitrogens with one attached hydrogen (secondary N) is 3. The van der Waals surface area contributed by atoms with Crippen molar-refractivity contribution >= 4 is 56.7 Å². The van der Waals surface area contributed by atoms with Crippen molar-refractivity contribution in [3.05, 3.63) is 63.7 Å². The van der Waals surface area contributed by atoms with Gasteiger partial charge in [-0.1, -0.05) is 6.08 Å². The van der Waals surface area contributed by atoms with Crippen LogP contribution < -0.4 is 20.3 Å². The van der Waals surface area contributed by atoms with E-state index >= 15 is 0 Å². The van der Waals surface area contributed by atoms with Crippen LogP contribution in [0.3, 0.4) is 0 Å². The Labute approximate surface area is 205 Å². The molecule has 0 atom stereocenters. The summed E-state index contributed by atoms with van der Waals surface area (Å²) in [5.74, 6) is -1.52. The summed E-state index contributed by atoms with van der Waals surface area (Å²) in [6.07, 6.45) is 4.22. The minimum atomic E-state index is -4.00. The van der Waals surface area contributed by atoms with Crippen LogP contribution in [-0.4, -0.2) is 38.1 Å². The van der Waals surface area contributed by atoms with Crippen LogP contribution in [-0.2, 0) is 21.2 Å². The van der Waals surface area contributed by atoms with E-state index in [1.165, 1.54) is 18.2 Å². The van der Waals surface area contributed by atoms with E-state index in [1.54, 1.807) is 18.2 Å². The van der Waals surface area contributed by atoms with Gasteiger partial charge in [-0.2, -0.15) is 0 Å². The number of hydrogen-bond acceptors (Lipinski definition) is 7. The number of rotatable bonds is 6. The normalized spacial score (nSPS) is 17.6. The topological polar surface area (TPSA) is 125 Å². The molecule has 0 unspecified atom stereocenters. The molecule has 0 radical (unpaired) electrons. The predicted molar refractivity (Wildman–Crippen MR) is 131 cm³/mol. The largest absolute Gasteiger partial charge is 0.382 e. The number of carbonyl (C=O) groups excluding carboxylic acids is 3. The third-order valence-corrected chi connectivity index (χ3v) is 8.74. The first-order chi connectivity index (χ1) is 16.7. The van der Waals surface area contributed by atoms with Gasteiger partial charge in [-0.25, -0.2) is 27.2 Å². The van der Waals surface area contributed by atoms with E-state index in [0.717, 1.165) is 41.3 Å². The Morgan fingerprint density at radius 2 is 1.86 bits per heavy atom. The van der Waals surface area contributed by atoms with Crippen LogP contribution in [0.2, 0.25) is 0 Å². The Kier molecular flexibility index (Phi) is 6.01. The first-order valence-electron chi connectivity index (χ1n) is 10.9. The Morgan fingerprint density at radius 1 is 1.09 bits per heavy atom. The van der Waals surface area contributed by atoms with Crippen LogP contribution in [0.4, 0.5) is 26.2 Å². The second-order valence-electron chi connectivity index (χ2n) is 8.39. The molecule has 0 bridgehead atoms. The highest BCUT2D eigenvalue weighted by atomic mass is 32.3. The van der Waals surface area contributed by atoms with Crippen molar-refractivity contribution in [2.75, 3.05) is 21.3 Å². The number of imide groups is 1. The molecule has 9 nitrogen and oxygen atoms in total. The summed E-state index contributed by atoms with van der Waals surface area (Å²) in [5, 5.41) is 5.58. The summed E-state index contributed by atoms with van der Waals surface area (Å²) in [5.41, 5.74) is 1.44. The molecule has 0 spiro atoms. The predicted octanol–water partition coefficient (Wildman–Crippen LogP) is 3.56. The monoisotopic (exact) mass is 516 g/mol. The van der Waals surface area contributed by atoms with E-state index in [0.29, 0.717) is 29.3 Å². The number of hydrogen-bond donors (Lipinski definition) is 3. The maximum atomic E-state index is 14.9. The average molecular weight is 517 g/mol. The molecule has 182 valence electrons. The summed E-state index contributed by atoms with van der Waals surface area (Å²) in [6, 6.07) is 7.92. The lowest BCUT2D eigenvalue weighted by atomic mass is 9.97. The highest BCUT2D eigenvalue weighted by Gasteiger charge is 2.34. The molecule has 1 fully saturated rings. The first kappa shape index (κ1) is 23.4. The van der Waals surface area contributed by atoms with E-state index in [2.05, 4.69) is 10.6 Å². The molecule has 2 aromatic carbocycles. The van der Waals surface area contributed by atoms with Gasteiger partial charge in [-0.05, 0) is 61.2 Å². The zero-order chi connectivity index (χ0) is 24.7. The minimum Gasteiger partial charge on any atom is -0.382 e. The zero-order valence-corrected chi connectivity index (χ0v) is 20.0. The number of nitrogens with zero attached hydrogens (tertiary/aromatic N) is 1. The first-order valence-corrected chi connectivity index (χ1v) is 13.4. The maximum absolute atomic E-state index is 14.9. The fourth-order valence-corrected chi connectivity index (χ4v) is 6.30. The van der Waals surface area contributed by atoms with Gasteiger partial charge in [0.05, 0.1) is 12.1 Å². The van der Waals surface area contributed by atoms with Gasteiger partial charge in [-0.3, -0.25) is 9.59 Å². The standard InChI is InChI=1S/C23H21FN4O5S2/c24-18-12-16(26-23(31)27-35(32,33)21-2-1-9-34-21)6-8-19(18)28-20(29)11-13-10-15(25-14-3-4-14)5-7-17(13)22(28)30/h2,5-8,10,12,14,25H,1,3-4,9,11H2,(H2,26,27,31). The number of halogens is 1. The van der Waals surface area contributed by atoms with Gasteiger partial charge in [0, 0.05) is 28.7 Å². The summed E-state index contributed by atoms with van der Waals surface area (Å²) < 4.78 is 41.3. The Hall–Kier alpha value is -3.38. The van der Waals surface area contributed by atoms with E-state index in [1.807, 2.05) is 4.72 Å². The van der Waals surface area contributed by atoms with Crippen molar-refractivity contribution in [2.24, 2.45) is 0 Å². The number of thioether (sulfide) groups is 1. The molecule has 4 amide bonds. The van der Waals surface area contributed by atoms with E-state index < -0.39 is 33.7 Å². The lowest BCUT2D eigenvalue weighted by Gasteiger charge is -2.27. The molecule has 3 aliphatic rings. The fourth-order valence-electron chi connectivity index (χ4n) is 3.90. The molecule has 3 N–H and O–H groups in total.